The van der Waals surface area contributed by atoms with Gasteiger partial charge in [0.1, 0.15) is 5.75 Å². The zero-order valence-corrected chi connectivity index (χ0v) is 10.9. The highest BCUT2D eigenvalue weighted by atomic mass is 32.2. The second kappa shape index (κ2) is 6.59. The number of ketones is 1. The van der Waals surface area contributed by atoms with Gasteiger partial charge in [0.05, 0.1) is 12.7 Å². The highest BCUT2D eigenvalue weighted by molar-refractivity contribution is 7.98. The van der Waals surface area contributed by atoms with Crippen LogP contribution < -0.4 is 4.74 Å². The molecule has 0 radical (unpaired) electrons. The molecular formula is C13H18O2S. The normalized spacial score (nSPS) is 10.2. The second-order valence-corrected chi connectivity index (χ2v) is 4.54. The van der Waals surface area contributed by atoms with Crippen molar-refractivity contribution >= 4 is 17.5 Å². The summed E-state index contributed by atoms with van der Waals surface area (Å²) in [5.41, 5.74) is 1.89. The average Bonchev–Trinajstić information content (AvgIpc) is 2.35. The van der Waals surface area contributed by atoms with Gasteiger partial charge in [-0.15, -0.1) is 0 Å². The largest absolute Gasteiger partial charge is 0.496 e. The fourth-order valence-corrected chi connectivity index (χ4v) is 1.91. The van der Waals surface area contributed by atoms with Crippen molar-refractivity contribution in [3.05, 3.63) is 29.3 Å². The van der Waals surface area contributed by atoms with Crippen molar-refractivity contribution in [2.45, 2.75) is 19.8 Å². The second-order valence-electron chi connectivity index (χ2n) is 3.55. The van der Waals surface area contributed by atoms with Crippen LogP contribution in [0.4, 0.5) is 0 Å². The fraction of sp³-hybridized carbons (Fsp3) is 0.462. The van der Waals surface area contributed by atoms with Crippen molar-refractivity contribution in [3.8, 4) is 5.75 Å². The lowest BCUT2D eigenvalue weighted by Gasteiger charge is -2.09. The number of hydrogen-bond donors (Lipinski definition) is 0. The Kier molecular flexibility index (Phi) is 5.39. The average molecular weight is 238 g/mol. The summed E-state index contributed by atoms with van der Waals surface area (Å²) in [4.78, 5) is 12.0. The maximum Gasteiger partial charge on any atom is 0.167 e. The van der Waals surface area contributed by atoms with Gasteiger partial charge in [0.15, 0.2) is 5.78 Å². The van der Waals surface area contributed by atoms with Crippen LogP contribution in [0.15, 0.2) is 18.2 Å². The fourth-order valence-electron chi connectivity index (χ4n) is 1.52. The molecule has 2 nitrogen and oxygen atoms in total. The van der Waals surface area contributed by atoms with E-state index in [2.05, 4.69) is 6.92 Å². The third kappa shape index (κ3) is 3.27. The van der Waals surface area contributed by atoms with Crippen molar-refractivity contribution in [2.75, 3.05) is 19.1 Å². The predicted octanol–water partition coefficient (Wildman–Crippen LogP) is 3.19. The summed E-state index contributed by atoms with van der Waals surface area (Å²) >= 11 is 1.69. The molecule has 0 fully saturated rings. The first-order valence-corrected chi connectivity index (χ1v) is 6.81. The lowest BCUT2D eigenvalue weighted by molar-refractivity contribution is 0.0986. The van der Waals surface area contributed by atoms with E-state index in [0.717, 1.165) is 17.7 Å². The topological polar surface area (TPSA) is 26.3 Å². The number of thioether (sulfide) groups is 1. The van der Waals surface area contributed by atoms with E-state index in [1.165, 1.54) is 5.56 Å². The summed E-state index contributed by atoms with van der Waals surface area (Å²) in [6.07, 6.45) is 3.52. The summed E-state index contributed by atoms with van der Waals surface area (Å²) < 4.78 is 5.22. The van der Waals surface area contributed by atoms with Crippen LogP contribution >= 0.6 is 11.8 Å². The van der Waals surface area contributed by atoms with E-state index in [1.807, 2.05) is 24.5 Å². The molecule has 88 valence electrons. The van der Waals surface area contributed by atoms with Crippen LogP contribution in [-0.2, 0) is 6.42 Å². The number of methoxy groups -OCH3 is 1. The minimum absolute atomic E-state index is 0.168. The van der Waals surface area contributed by atoms with Gasteiger partial charge in [0.25, 0.3) is 0 Å². The van der Waals surface area contributed by atoms with E-state index in [4.69, 9.17) is 4.74 Å². The van der Waals surface area contributed by atoms with Gasteiger partial charge < -0.3 is 4.74 Å². The number of benzene rings is 1. The molecule has 0 unspecified atom stereocenters. The SMILES string of the molecule is CCc1ccc(OC)c(C(=O)CCSC)c1. The standard InChI is InChI=1S/C13H18O2S/c1-4-10-5-6-13(15-2)11(9-10)12(14)7-8-16-3/h5-6,9H,4,7-8H2,1-3H3. The van der Waals surface area contributed by atoms with Crippen molar-refractivity contribution in [2.24, 2.45) is 0 Å². The third-order valence-corrected chi connectivity index (χ3v) is 3.12. The third-order valence-electron chi connectivity index (χ3n) is 2.51. The molecule has 1 rings (SSSR count). The molecule has 0 amide bonds. The molecule has 16 heavy (non-hydrogen) atoms. The number of rotatable bonds is 6. The van der Waals surface area contributed by atoms with Crippen LogP contribution in [0.2, 0.25) is 0 Å². The maximum atomic E-state index is 12.0. The summed E-state index contributed by atoms with van der Waals surface area (Å²) in [5.74, 6) is 1.71. The van der Waals surface area contributed by atoms with Gasteiger partial charge in [0.2, 0.25) is 0 Å². The van der Waals surface area contributed by atoms with E-state index in [0.29, 0.717) is 12.2 Å². The van der Waals surface area contributed by atoms with Crippen molar-refractivity contribution in [3.63, 3.8) is 0 Å². The molecule has 3 heteroatoms. The highest BCUT2D eigenvalue weighted by Gasteiger charge is 2.12. The first kappa shape index (κ1) is 13.1. The highest BCUT2D eigenvalue weighted by Crippen LogP contribution is 2.22. The summed E-state index contributed by atoms with van der Waals surface area (Å²) in [6, 6.07) is 5.83. The minimum Gasteiger partial charge on any atom is -0.496 e. The molecule has 0 aliphatic heterocycles. The Balaban J connectivity index is 2.94. The molecule has 1 aromatic rings. The minimum atomic E-state index is 0.168. The Hall–Kier alpha value is -0.960. The Bertz CT molecular complexity index is 361. The maximum absolute atomic E-state index is 12.0. The smallest absolute Gasteiger partial charge is 0.167 e. The van der Waals surface area contributed by atoms with Crippen LogP contribution in [0, 0.1) is 0 Å². The Labute approximate surface area is 101 Å². The summed E-state index contributed by atoms with van der Waals surface area (Å²) in [6.45, 7) is 2.08. The first-order valence-electron chi connectivity index (χ1n) is 5.42. The van der Waals surface area contributed by atoms with E-state index in [1.54, 1.807) is 18.9 Å². The van der Waals surface area contributed by atoms with Crippen LogP contribution in [0.25, 0.3) is 0 Å². The molecule has 0 aliphatic carbocycles. The Morgan fingerprint density at radius 1 is 1.44 bits per heavy atom. The molecule has 0 N–H and O–H groups in total. The van der Waals surface area contributed by atoms with Crippen LogP contribution in [0.5, 0.6) is 5.75 Å². The Morgan fingerprint density at radius 2 is 2.19 bits per heavy atom. The van der Waals surface area contributed by atoms with E-state index in [9.17, 15) is 4.79 Å². The Morgan fingerprint density at radius 3 is 2.75 bits per heavy atom. The van der Waals surface area contributed by atoms with Gasteiger partial charge in [-0.3, -0.25) is 4.79 Å². The van der Waals surface area contributed by atoms with Crippen LogP contribution in [0.3, 0.4) is 0 Å². The van der Waals surface area contributed by atoms with E-state index in [-0.39, 0.29) is 5.78 Å². The summed E-state index contributed by atoms with van der Waals surface area (Å²) in [7, 11) is 1.60. The quantitative estimate of drug-likeness (QED) is 0.712. The molecule has 0 aliphatic rings. The zero-order chi connectivity index (χ0) is 12.0. The van der Waals surface area contributed by atoms with Crippen LogP contribution in [-0.4, -0.2) is 24.9 Å². The number of Topliss-reactive ketones (excluding diaryl/α,β-unsaturated/α-hetero) is 1. The number of carbonyl (C=O) groups is 1. The predicted molar refractivity (Wildman–Crippen MR) is 69.7 cm³/mol. The number of ether oxygens (including phenoxy) is 1. The van der Waals surface area contributed by atoms with E-state index < -0.39 is 0 Å². The molecule has 1 aromatic carbocycles. The lowest BCUT2D eigenvalue weighted by Crippen LogP contribution is -2.04. The monoisotopic (exact) mass is 238 g/mol. The molecule has 0 atom stereocenters. The molecule has 0 saturated heterocycles. The first-order chi connectivity index (χ1) is 7.72. The van der Waals surface area contributed by atoms with Crippen LogP contribution in [0.1, 0.15) is 29.3 Å². The number of hydrogen-bond acceptors (Lipinski definition) is 3. The number of aryl methyl sites for hydroxylation is 1. The molecule has 0 spiro atoms. The summed E-state index contributed by atoms with van der Waals surface area (Å²) in [5, 5.41) is 0. The molecule has 0 bridgehead atoms. The van der Waals surface area contributed by atoms with Crippen molar-refractivity contribution < 1.29 is 9.53 Å². The zero-order valence-electron chi connectivity index (χ0n) is 10.1. The molecule has 0 heterocycles. The van der Waals surface area contributed by atoms with Gasteiger partial charge in [-0.25, -0.2) is 0 Å². The molecule has 0 aromatic heterocycles. The van der Waals surface area contributed by atoms with Gasteiger partial charge in [-0.05, 0) is 30.4 Å². The van der Waals surface area contributed by atoms with Gasteiger partial charge in [-0.1, -0.05) is 13.0 Å². The lowest BCUT2D eigenvalue weighted by atomic mass is 10.0. The van der Waals surface area contributed by atoms with Gasteiger partial charge in [0, 0.05) is 12.2 Å². The van der Waals surface area contributed by atoms with Gasteiger partial charge in [-0.2, -0.15) is 11.8 Å². The molecule has 0 saturated carbocycles. The molecular weight excluding hydrogens is 220 g/mol. The van der Waals surface area contributed by atoms with Crippen molar-refractivity contribution in [1.82, 2.24) is 0 Å². The number of carbonyl (C=O) groups excluding carboxylic acids is 1. The van der Waals surface area contributed by atoms with Gasteiger partial charge >= 0.3 is 0 Å². The van der Waals surface area contributed by atoms with E-state index >= 15 is 0 Å². The van der Waals surface area contributed by atoms with Crippen molar-refractivity contribution in [1.29, 1.82) is 0 Å².